The Labute approximate surface area is 88.3 Å². The van der Waals surface area contributed by atoms with Crippen molar-refractivity contribution in [1.82, 2.24) is 11.7 Å². The Bertz CT molecular complexity index is 108. The predicted octanol–water partition coefficient (Wildman–Crippen LogP) is 0.826. The van der Waals surface area contributed by atoms with Crippen molar-refractivity contribution >= 4 is 14.8 Å². The molecule has 0 bridgehead atoms. The molecule has 0 aliphatic rings. The van der Waals surface area contributed by atoms with Gasteiger partial charge in [-0.1, -0.05) is 20.8 Å². The molecule has 0 saturated heterocycles. The average Bonchev–Trinajstić information content (AvgIpc) is 2.16. The summed E-state index contributed by atoms with van der Waals surface area (Å²) in [5, 5.41) is 0. The molecule has 0 aromatic carbocycles. The summed E-state index contributed by atoms with van der Waals surface area (Å²) in [5.74, 6) is 0. The lowest BCUT2D eigenvalue weighted by atomic mass is 10.8. The number of hydrogen-bond acceptors (Lipinski definition) is 3. The van der Waals surface area contributed by atoms with Gasteiger partial charge in [-0.2, -0.15) is 0 Å². The topological polar surface area (TPSA) is 9.72 Å². The van der Waals surface area contributed by atoms with Crippen LogP contribution in [0.5, 0.6) is 0 Å². The molecule has 0 spiro atoms. The average molecular weight is 201 g/mol. The molecule has 78 valence electrons. The van der Waals surface area contributed by atoms with Gasteiger partial charge in [-0.3, -0.25) is 0 Å². The molecule has 0 aromatic rings. The summed E-state index contributed by atoms with van der Waals surface area (Å²) in [4.78, 5) is 0. The molecule has 0 saturated carbocycles. The van der Waals surface area contributed by atoms with E-state index >= 15 is 0 Å². The first kappa shape index (κ1) is 13.4. The molecule has 3 nitrogen and oxygen atoms in total. The van der Waals surface area contributed by atoms with Crippen LogP contribution in [0.1, 0.15) is 20.8 Å². The van der Waals surface area contributed by atoms with E-state index in [1.165, 1.54) is 0 Å². The van der Waals surface area contributed by atoms with E-state index in [4.69, 9.17) is 0 Å². The van der Waals surface area contributed by atoms with E-state index in [2.05, 4.69) is 53.6 Å². The van der Waals surface area contributed by atoms with Crippen LogP contribution in [0.15, 0.2) is 0 Å². The molecular weight excluding hydrogens is 177 g/mol. The minimum absolute atomic E-state index is 1.02. The zero-order valence-electron chi connectivity index (χ0n) is 10.0. The minimum atomic E-state index is -1.02. The monoisotopic (exact) mass is 201 g/mol. The van der Waals surface area contributed by atoms with E-state index in [0.29, 0.717) is 0 Å². The lowest BCUT2D eigenvalue weighted by Gasteiger charge is -2.34. The largest absolute Gasteiger partial charge is 0.608 e. The molecule has 0 amide bonds. The molecule has 4 heteroatoms. The minimum Gasteiger partial charge on any atom is -0.360 e. The van der Waals surface area contributed by atoms with Gasteiger partial charge in [0.05, 0.1) is 0 Å². The lowest BCUT2D eigenvalue weighted by Crippen LogP contribution is -2.59. The van der Waals surface area contributed by atoms with Crippen LogP contribution in [0.25, 0.3) is 0 Å². The summed E-state index contributed by atoms with van der Waals surface area (Å²) in [7, 11) is 6.69. The molecule has 0 atom stereocenters. The zero-order chi connectivity index (χ0) is 10.4. The Kier molecular flexibility index (Phi) is 7.02. The molecule has 0 unspecified atom stereocenters. The van der Waals surface area contributed by atoms with Gasteiger partial charge in [0.2, 0.25) is 0 Å². The van der Waals surface area contributed by atoms with Crippen molar-refractivity contribution < 1.29 is 0 Å². The van der Waals surface area contributed by atoms with Crippen LogP contribution in [-0.4, -0.2) is 67.2 Å². The second kappa shape index (κ2) is 6.81. The highest BCUT2D eigenvalue weighted by molar-refractivity contribution is 6.49. The van der Waals surface area contributed by atoms with Gasteiger partial charge in [0, 0.05) is 0 Å². The van der Waals surface area contributed by atoms with Gasteiger partial charge in [0.15, 0.2) is 0 Å². The highest BCUT2D eigenvalue weighted by Gasteiger charge is 2.33. The molecule has 0 rings (SSSR count). The quantitative estimate of drug-likeness (QED) is 0.589. The molecule has 13 heavy (non-hydrogen) atoms. The molecular formula is C9H24AlN3. The molecule has 0 aromatic heterocycles. The fraction of sp³-hybridized carbons (Fsp3) is 1.00. The van der Waals surface area contributed by atoms with E-state index in [1.807, 2.05) is 0 Å². The maximum atomic E-state index is 2.49. The van der Waals surface area contributed by atoms with Crippen LogP contribution in [0.4, 0.5) is 0 Å². The van der Waals surface area contributed by atoms with Crippen LogP contribution in [0, 0.1) is 0 Å². The summed E-state index contributed by atoms with van der Waals surface area (Å²) in [6.07, 6.45) is 0. The molecule has 0 N–H and O–H groups in total. The first-order chi connectivity index (χ1) is 6.08. The van der Waals surface area contributed by atoms with Crippen molar-refractivity contribution in [2.45, 2.75) is 20.8 Å². The molecule has 0 radical (unpaired) electrons. The Morgan fingerprint density at radius 1 is 0.692 bits per heavy atom. The van der Waals surface area contributed by atoms with Crippen molar-refractivity contribution in [2.24, 2.45) is 0 Å². The summed E-state index contributed by atoms with van der Waals surface area (Å²) in [6, 6.07) is 0. The van der Waals surface area contributed by atoms with Crippen LogP contribution >= 0.6 is 0 Å². The fourth-order valence-corrected chi connectivity index (χ4v) is 4.50. The maximum Gasteiger partial charge on any atom is 0.608 e. The Morgan fingerprint density at radius 2 is 0.923 bits per heavy atom. The van der Waals surface area contributed by atoms with Gasteiger partial charge in [-0.05, 0) is 40.8 Å². The van der Waals surface area contributed by atoms with Gasteiger partial charge in [-0.15, -0.1) is 0 Å². The first-order valence-electron chi connectivity index (χ1n) is 5.19. The summed E-state index contributed by atoms with van der Waals surface area (Å²) in [5.41, 5.74) is 0. The van der Waals surface area contributed by atoms with Crippen molar-refractivity contribution in [1.29, 1.82) is 0 Å². The lowest BCUT2D eigenvalue weighted by molar-refractivity contribution is 0.352. The summed E-state index contributed by atoms with van der Waals surface area (Å²) in [6.45, 7) is 10.1. The standard InChI is InChI=1S/3C3H8N.Al/c3*1-3-4-2;/h3*3H2,1-2H3;/q3*-1;+3. The SMILES string of the molecule is CC[N](C)[Al]([N](C)CC)[N](C)CC. The van der Waals surface area contributed by atoms with E-state index < -0.39 is 14.8 Å². The maximum absolute atomic E-state index is 2.49. The van der Waals surface area contributed by atoms with Gasteiger partial charge in [0.1, 0.15) is 0 Å². The number of hydrogen-bond donors (Lipinski definition) is 0. The van der Waals surface area contributed by atoms with Gasteiger partial charge in [0.25, 0.3) is 0 Å². The normalized spacial score (nSPS) is 11.8. The number of nitrogens with zero attached hydrogens (tertiary/aromatic N) is 3. The Hall–Kier alpha value is 0.412. The van der Waals surface area contributed by atoms with Gasteiger partial charge >= 0.3 is 14.8 Å². The molecule has 0 heterocycles. The van der Waals surface area contributed by atoms with E-state index in [9.17, 15) is 0 Å². The van der Waals surface area contributed by atoms with Crippen LogP contribution in [-0.2, 0) is 0 Å². The summed E-state index contributed by atoms with van der Waals surface area (Å²) < 4.78 is 7.48. The first-order valence-corrected chi connectivity index (χ1v) is 6.74. The van der Waals surface area contributed by atoms with E-state index in [0.717, 1.165) is 19.6 Å². The highest BCUT2D eigenvalue weighted by atomic mass is 27.2. The third kappa shape index (κ3) is 3.97. The Balaban J connectivity index is 4.34. The van der Waals surface area contributed by atoms with E-state index in [1.54, 1.807) is 0 Å². The predicted molar refractivity (Wildman–Crippen MR) is 60.7 cm³/mol. The smallest absolute Gasteiger partial charge is 0.360 e. The van der Waals surface area contributed by atoms with Crippen LogP contribution in [0.3, 0.4) is 0 Å². The van der Waals surface area contributed by atoms with Gasteiger partial charge < -0.3 is 11.7 Å². The zero-order valence-corrected chi connectivity index (χ0v) is 11.2. The second-order valence-electron chi connectivity index (χ2n) is 3.57. The Morgan fingerprint density at radius 3 is 1.08 bits per heavy atom. The van der Waals surface area contributed by atoms with Crippen LogP contribution in [0.2, 0.25) is 0 Å². The van der Waals surface area contributed by atoms with Crippen molar-refractivity contribution in [3.05, 3.63) is 0 Å². The van der Waals surface area contributed by atoms with Crippen LogP contribution < -0.4 is 0 Å². The van der Waals surface area contributed by atoms with Crippen molar-refractivity contribution in [2.75, 3.05) is 40.8 Å². The van der Waals surface area contributed by atoms with Gasteiger partial charge in [-0.25, -0.2) is 0 Å². The molecule has 0 aliphatic carbocycles. The van der Waals surface area contributed by atoms with E-state index in [-0.39, 0.29) is 0 Å². The molecule has 0 aliphatic heterocycles. The fourth-order valence-electron chi connectivity index (χ4n) is 1.50. The summed E-state index contributed by atoms with van der Waals surface area (Å²) >= 11 is -1.02. The molecule has 0 fully saturated rings. The third-order valence-electron chi connectivity index (χ3n) is 2.68. The number of rotatable bonds is 6. The second-order valence-corrected chi connectivity index (χ2v) is 6.90. The van der Waals surface area contributed by atoms with Crippen molar-refractivity contribution in [3.63, 3.8) is 0 Å². The third-order valence-corrected chi connectivity index (χ3v) is 6.14. The van der Waals surface area contributed by atoms with Crippen molar-refractivity contribution in [3.8, 4) is 0 Å². The highest BCUT2D eigenvalue weighted by Crippen LogP contribution is 2.01.